The van der Waals surface area contributed by atoms with E-state index in [-0.39, 0.29) is 11.3 Å². The third-order valence-electron chi connectivity index (χ3n) is 2.18. The normalized spacial score (nSPS) is 11.6. The van der Waals surface area contributed by atoms with Crippen LogP contribution in [0.5, 0.6) is 5.75 Å². The highest BCUT2D eigenvalue weighted by molar-refractivity contribution is 5.85. The number of hydrogen-bond donors (Lipinski definition) is 2. The van der Waals surface area contributed by atoms with Gasteiger partial charge in [0.15, 0.2) is 0 Å². The second-order valence-corrected chi connectivity index (χ2v) is 3.83. The SMILES string of the molecule is CCCOc1ccc(C(F)(F)F)cc1C=NNC(N)=O. The van der Waals surface area contributed by atoms with Crippen molar-refractivity contribution in [3.63, 3.8) is 0 Å². The first kappa shape index (κ1) is 15.8. The van der Waals surface area contributed by atoms with Gasteiger partial charge in [0, 0.05) is 5.56 Å². The number of benzene rings is 1. The van der Waals surface area contributed by atoms with Crippen LogP contribution in [-0.2, 0) is 6.18 Å². The van der Waals surface area contributed by atoms with E-state index < -0.39 is 17.8 Å². The van der Waals surface area contributed by atoms with Gasteiger partial charge in [-0.1, -0.05) is 6.92 Å². The largest absolute Gasteiger partial charge is 0.493 e. The summed E-state index contributed by atoms with van der Waals surface area (Å²) < 4.78 is 43.2. The molecule has 5 nitrogen and oxygen atoms in total. The Bertz CT molecular complexity index is 501. The first-order valence-corrected chi connectivity index (χ1v) is 5.77. The van der Waals surface area contributed by atoms with Gasteiger partial charge in [0.05, 0.1) is 18.4 Å². The number of rotatable bonds is 5. The van der Waals surface area contributed by atoms with Crippen LogP contribution in [0.15, 0.2) is 23.3 Å². The van der Waals surface area contributed by atoms with Crippen LogP contribution >= 0.6 is 0 Å². The summed E-state index contributed by atoms with van der Waals surface area (Å²) in [4.78, 5) is 10.5. The molecule has 0 aliphatic carbocycles. The molecule has 3 N–H and O–H groups in total. The lowest BCUT2D eigenvalue weighted by molar-refractivity contribution is -0.137. The molecule has 0 atom stereocenters. The minimum Gasteiger partial charge on any atom is -0.493 e. The van der Waals surface area contributed by atoms with Crippen molar-refractivity contribution < 1.29 is 22.7 Å². The first-order chi connectivity index (χ1) is 9.34. The van der Waals surface area contributed by atoms with E-state index in [4.69, 9.17) is 10.5 Å². The van der Waals surface area contributed by atoms with E-state index in [9.17, 15) is 18.0 Å². The van der Waals surface area contributed by atoms with Gasteiger partial charge in [0.2, 0.25) is 0 Å². The Morgan fingerprint density at radius 3 is 2.75 bits per heavy atom. The number of carbonyl (C=O) groups is 1. The van der Waals surface area contributed by atoms with Crippen molar-refractivity contribution in [2.24, 2.45) is 10.8 Å². The maximum absolute atomic E-state index is 12.6. The summed E-state index contributed by atoms with van der Waals surface area (Å²) >= 11 is 0. The molecule has 20 heavy (non-hydrogen) atoms. The van der Waals surface area contributed by atoms with Crippen LogP contribution in [-0.4, -0.2) is 18.9 Å². The van der Waals surface area contributed by atoms with Crippen molar-refractivity contribution in [2.45, 2.75) is 19.5 Å². The Hall–Kier alpha value is -2.25. The third kappa shape index (κ3) is 4.79. The van der Waals surface area contributed by atoms with Gasteiger partial charge in [-0.05, 0) is 24.6 Å². The lowest BCUT2D eigenvalue weighted by Gasteiger charge is -2.12. The number of urea groups is 1. The molecule has 0 fully saturated rings. The van der Waals surface area contributed by atoms with Gasteiger partial charge in [-0.25, -0.2) is 10.2 Å². The number of nitrogens with one attached hydrogen (secondary N) is 1. The van der Waals surface area contributed by atoms with Crippen molar-refractivity contribution in [1.29, 1.82) is 0 Å². The molecule has 1 rings (SSSR count). The van der Waals surface area contributed by atoms with Gasteiger partial charge >= 0.3 is 12.2 Å². The number of nitrogens with two attached hydrogens (primary N) is 1. The molecule has 0 saturated carbocycles. The molecule has 0 aliphatic heterocycles. The van der Waals surface area contributed by atoms with Crippen LogP contribution in [0.25, 0.3) is 0 Å². The Kier molecular flexibility index (Phi) is 5.36. The van der Waals surface area contributed by atoms with E-state index in [0.717, 1.165) is 18.3 Å². The fraction of sp³-hybridized carbons (Fsp3) is 0.333. The first-order valence-electron chi connectivity index (χ1n) is 5.77. The van der Waals surface area contributed by atoms with E-state index in [1.54, 1.807) is 0 Å². The molecule has 0 saturated heterocycles. The maximum atomic E-state index is 12.6. The molecule has 2 amide bonds. The zero-order valence-electron chi connectivity index (χ0n) is 10.7. The van der Waals surface area contributed by atoms with Gasteiger partial charge in [-0.3, -0.25) is 0 Å². The lowest BCUT2D eigenvalue weighted by Crippen LogP contribution is -2.24. The number of nitrogens with zero attached hydrogens (tertiary/aromatic N) is 1. The predicted molar refractivity (Wildman–Crippen MR) is 67.5 cm³/mol. The molecule has 1 aromatic carbocycles. The lowest BCUT2D eigenvalue weighted by atomic mass is 10.1. The topological polar surface area (TPSA) is 76.7 Å². The second-order valence-electron chi connectivity index (χ2n) is 3.83. The van der Waals surface area contributed by atoms with Crippen LogP contribution in [0.3, 0.4) is 0 Å². The molecule has 8 heteroatoms. The van der Waals surface area contributed by atoms with Crippen LogP contribution in [0.4, 0.5) is 18.0 Å². The molecule has 0 aromatic heterocycles. The predicted octanol–water partition coefficient (Wildman–Crippen LogP) is 2.50. The van der Waals surface area contributed by atoms with Crippen molar-refractivity contribution in [3.05, 3.63) is 29.3 Å². The molecule has 0 unspecified atom stereocenters. The zero-order valence-corrected chi connectivity index (χ0v) is 10.7. The van der Waals surface area contributed by atoms with Crippen LogP contribution < -0.4 is 15.9 Å². The molecule has 0 spiro atoms. The average molecular weight is 289 g/mol. The number of halogens is 3. The molecule has 0 radical (unpaired) electrons. The van der Waals surface area contributed by atoms with Crippen molar-refractivity contribution in [1.82, 2.24) is 5.43 Å². The molecule has 0 bridgehead atoms. The molecule has 1 aromatic rings. The highest BCUT2D eigenvalue weighted by Crippen LogP contribution is 2.32. The van der Waals surface area contributed by atoms with Crippen LogP contribution in [0, 0.1) is 0 Å². The fourth-order valence-electron chi connectivity index (χ4n) is 1.33. The Balaban J connectivity index is 3.05. The van der Waals surface area contributed by atoms with E-state index in [1.165, 1.54) is 6.07 Å². The zero-order chi connectivity index (χ0) is 15.2. The monoisotopic (exact) mass is 289 g/mol. The average Bonchev–Trinajstić information content (AvgIpc) is 2.35. The number of hydrogen-bond acceptors (Lipinski definition) is 3. The molecule has 0 aliphatic rings. The maximum Gasteiger partial charge on any atom is 0.416 e. The summed E-state index contributed by atoms with van der Waals surface area (Å²) in [6, 6.07) is 2.11. The number of ether oxygens (including phenoxy) is 1. The highest BCUT2D eigenvalue weighted by Gasteiger charge is 2.31. The van der Waals surface area contributed by atoms with Gasteiger partial charge < -0.3 is 10.5 Å². The smallest absolute Gasteiger partial charge is 0.416 e. The summed E-state index contributed by atoms with van der Waals surface area (Å²) in [5.74, 6) is 0.245. The summed E-state index contributed by atoms with van der Waals surface area (Å²) in [5.41, 5.74) is 5.97. The Labute approximate surface area is 113 Å². The molecule has 0 heterocycles. The van der Waals surface area contributed by atoms with Gasteiger partial charge in [-0.2, -0.15) is 18.3 Å². The molecular weight excluding hydrogens is 275 g/mol. The highest BCUT2D eigenvalue weighted by atomic mass is 19.4. The van der Waals surface area contributed by atoms with E-state index in [0.29, 0.717) is 13.0 Å². The quantitative estimate of drug-likeness (QED) is 0.645. The number of amides is 2. The van der Waals surface area contributed by atoms with Crippen LogP contribution in [0.2, 0.25) is 0 Å². The summed E-state index contributed by atoms with van der Waals surface area (Å²) in [6.07, 6.45) is -2.72. The number of alkyl halides is 3. The number of carbonyl (C=O) groups excluding carboxylic acids is 1. The molecular formula is C12H14F3N3O2. The number of hydrazone groups is 1. The van der Waals surface area contributed by atoms with Crippen molar-refractivity contribution in [2.75, 3.05) is 6.61 Å². The van der Waals surface area contributed by atoms with Gasteiger partial charge in [0.25, 0.3) is 0 Å². The number of primary amides is 1. The van der Waals surface area contributed by atoms with Crippen molar-refractivity contribution in [3.8, 4) is 5.75 Å². The summed E-state index contributed by atoms with van der Waals surface area (Å²) in [7, 11) is 0. The minimum absolute atomic E-state index is 0.0991. The van der Waals surface area contributed by atoms with Crippen molar-refractivity contribution >= 4 is 12.2 Å². The summed E-state index contributed by atoms with van der Waals surface area (Å²) in [6.45, 7) is 2.22. The summed E-state index contributed by atoms with van der Waals surface area (Å²) in [5, 5.41) is 3.44. The Morgan fingerprint density at radius 1 is 1.50 bits per heavy atom. The van der Waals surface area contributed by atoms with Crippen LogP contribution in [0.1, 0.15) is 24.5 Å². The molecule has 110 valence electrons. The fourth-order valence-corrected chi connectivity index (χ4v) is 1.33. The second kappa shape index (κ2) is 6.78. The minimum atomic E-state index is -4.47. The van der Waals surface area contributed by atoms with Gasteiger partial charge in [0.1, 0.15) is 5.75 Å². The third-order valence-corrected chi connectivity index (χ3v) is 2.18. The standard InChI is InChI=1S/C12H14F3N3O2/c1-2-5-20-10-4-3-9(12(13,14)15)6-8(10)7-17-18-11(16)19/h3-4,6-7H,2,5H2,1H3,(H3,16,18,19). The van der Waals surface area contributed by atoms with E-state index >= 15 is 0 Å². The van der Waals surface area contributed by atoms with Gasteiger partial charge in [-0.15, -0.1) is 0 Å². The van der Waals surface area contributed by atoms with E-state index in [1.807, 2.05) is 12.3 Å². The Morgan fingerprint density at radius 2 is 2.20 bits per heavy atom. The van der Waals surface area contributed by atoms with E-state index in [2.05, 4.69) is 5.10 Å².